The van der Waals surface area contributed by atoms with Crippen molar-refractivity contribution in [1.29, 1.82) is 0 Å². The van der Waals surface area contributed by atoms with Gasteiger partial charge in [0, 0.05) is 18.7 Å². The molecule has 1 aromatic carbocycles. The summed E-state index contributed by atoms with van der Waals surface area (Å²) in [6.45, 7) is 1.39. The fourth-order valence-corrected chi connectivity index (χ4v) is 2.13. The van der Waals surface area contributed by atoms with E-state index in [0.29, 0.717) is 18.7 Å². The van der Waals surface area contributed by atoms with Crippen molar-refractivity contribution in [1.82, 2.24) is 4.90 Å². The van der Waals surface area contributed by atoms with Crippen LogP contribution in [0.2, 0.25) is 0 Å². The van der Waals surface area contributed by atoms with Crippen molar-refractivity contribution in [2.75, 3.05) is 13.1 Å². The highest BCUT2D eigenvalue weighted by atomic mass is 19.4. The third-order valence-corrected chi connectivity index (χ3v) is 3.43. The molecule has 0 radical (unpaired) electrons. The lowest BCUT2D eigenvalue weighted by molar-refractivity contribution is -0.137. The van der Waals surface area contributed by atoms with Gasteiger partial charge in [-0.2, -0.15) is 13.2 Å². The molecule has 0 bridgehead atoms. The number of carbonyl (C=O) groups excluding carboxylic acids is 1. The maximum absolute atomic E-state index is 12.7. The predicted molar refractivity (Wildman–Crippen MR) is 69.7 cm³/mol. The first-order chi connectivity index (χ1) is 9.95. The van der Waals surface area contributed by atoms with E-state index in [4.69, 9.17) is 4.42 Å². The Morgan fingerprint density at radius 3 is 2.52 bits per heavy atom. The lowest BCUT2D eigenvalue weighted by Crippen LogP contribution is -2.41. The number of hydrogen-bond donors (Lipinski definition) is 0. The molecule has 2 aromatic rings. The van der Waals surface area contributed by atoms with Gasteiger partial charge < -0.3 is 9.32 Å². The number of halogens is 3. The zero-order chi connectivity index (χ0) is 15.0. The van der Waals surface area contributed by atoms with Crippen LogP contribution in [0.3, 0.4) is 0 Å². The van der Waals surface area contributed by atoms with Gasteiger partial charge in [-0.05, 0) is 30.7 Å². The number of furan rings is 1. The maximum Gasteiger partial charge on any atom is 0.416 e. The van der Waals surface area contributed by atoms with E-state index >= 15 is 0 Å². The Hall–Kier alpha value is -2.24. The quantitative estimate of drug-likeness (QED) is 0.844. The second-order valence-corrected chi connectivity index (χ2v) is 4.89. The second-order valence-electron chi connectivity index (χ2n) is 4.89. The third-order valence-electron chi connectivity index (χ3n) is 3.43. The minimum Gasteiger partial charge on any atom is -0.451 e. The van der Waals surface area contributed by atoms with Crippen molar-refractivity contribution in [3.05, 3.63) is 47.7 Å². The summed E-state index contributed by atoms with van der Waals surface area (Å²) in [5.74, 6) is 0.187. The predicted octanol–water partition coefficient (Wildman–Crippen LogP) is 3.81. The second kappa shape index (κ2) is 4.95. The Morgan fingerprint density at radius 2 is 1.90 bits per heavy atom. The molecule has 1 fully saturated rings. The highest BCUT2D eigenvalue weighted by Gasteiger charge is 2.31. The SMILES string of the molecule is O=C(c1ccc(-c2cccc(C(F)(F)F)c2)o1)N1CCC1. The van der Waals surface area contributed by atoms with E-state index in [0.717, 1.165) is 18.6 Å². The first kappa shape index (κ1) is 13.7. The molecule has 0 saturated carbocycles. The van der Waals surface area contributed by atoms with Gasteiger partial charge in [0.15, 0.2) is 5.76 Å². The van der Waals surface area contributed by atoms with Crippen molar-refractivity contribution in [2.45, 2.75) is 12.6 Å². The molecule has 110 valence electrons. The molecule has 3 nitrogen and oxygen atoms in total. The maximum atomic E-state index is 12.7. The largest absolute Gasteiger partial charge is 0.451 e. The van der Waals surface area contributed by atoms with Gasteiger partial charge >= 0.3 is 6.18 Å². The van der Waals surface area contributed by atoms with Crippen molar-refractivity contribution in [3.63, 3.8) is 0 Å². The fourth-order valence-electron chi connectivity index (χ4n) is 2.13. The van der Waals surface area contributed by atoms with Crippen LogP contribution in [0, 0.1) is 0 Å². The van der Waals surface area contributed by atoms with Crippen molar-refractivity contribution < 1.29 is 22.4 Å². The molecular weight excluding hydrogens is 283 g/mol. The summed E-state index contributed by atoms with van der Waals surface area (Å²) in [4.78, 5) is 13.6. The van der Waals surface area contributed by atoms with Gasteiger partial charge in [-0.25, -0.2) is 0 Å². The molecule has 0 unspecified atom stereocenters. The number of benzene rings is 1. The van der Waals surface area contributed by atoms with Crippen LogP contribution in [-0.4, -0.2) is 23.9 Å². The van der Waals surface area contributed by atoms with Crippen molar-refractivity contribution >= 4 is 5.91 Å². The molecule has 2 heterocycles. The fraction of sp³-hybridized carbons (Fsp3) is 0.267. The van der Waals surface area contributed by atoms with Crippen molar-refractivity contribution in [3.8, 4) is 11.3 Å². The van der Waals surface area contributed by atoms with Crippen LogP contribution in [-0.2, 0) is 6.18 Å². The summed E-state index contributed by atoms with van der Waals surface area (Å²) < 4.78 is 43.5. The normalized spacial score (nSPS) is 14.9. The van der Waals surface area contributed by atoms with Gasteiger partial charge in [-0.15, -0.1) is 0 Å². The first-order valence-electron chi connectivity index (χ1n) is 6.52. The molecule has 6 heteroatoms. The van der Waals surface area contributed by atoms with Crippen LogP contribution < -0.4 is 0 Å². The van der Waals surface area contributed by atoms with Gasteiger partial charge in [-0.1, -0.05) is 12.1 Å². The van der Waals surface area contributed by atoms with E-state index in [9.17, 15) is 18.0 Å². The van der Waals surface area contributed by atoms with E-state index in [-0.39, 0.29) is 17.4 Å². The average Bonchev–Trinajstić information content (AvgIpc) is 2.85. The number of likely N-dealkylation sites (tertiary alicyclic amines) is 1. The van der Waals surface area contributed by atoms with Crippen LogP contribution in [0.4, 0.5) is 13.2 Å². The Morgan fingerprint density at radius 1 is 1.14 bits per heavy atom. The van der Waals surface area contributed by atoms with Gasteiger partial charge in [0.1, 0.15) is 5.76 Å². The third kappa shape index (κ3) is 2.66. The highest BCUT2D eigenvalue weighted by Crippen LogP contribution is 2.32. The van der Waals surface area contributed by atoms with E-state index in [1.54, 1.807) is 4.90 Å². The van der Waals surface area contributed by atoms with Crippen LogP contribution in [0.1, 0.15) is 22.5 Å². The Labute approximate surface area is 119 Å². The van der Waals surface area contributed by atoms with Gasteiger partial charge in [-0.3, -0.25) is 4.79 Å². The van der Waals surface area contributed by atoms with E-state index in [1.165, 1.54) is 24.3 Å². The Balaban J connectivity index is 1.87. The smallest absolute Gasteiger partial charge is 0.416 e. The van der Waals surface area contributed by atoms with Crippen LogP contribution in [0.5, 0.6) is 0 Å². The summed E-state index contributed by atoms with van der Waals surface area (Å²) >= 11 is 0. The molecule has 3 rings (SSSR count). The summed E-state index contributed by atoms with van der Waals surface area (Å²) in [6.07, 6.45) is -3.44. The molecule has 1 aliphatic heterocycles. The molecule has 0 aliphatic carbocycles. The molecule has 1 amide bonds. The molecule has 1 aromatic heterocycles. The topological polar surface area (TPSA) is 33.5 Å². The molecule has 21 heavy (non-hydrogen) atoms. The molecular formula is C15H12F3NO2. The number of hydrogen-bond acceptors (Lipinski definition) is 2. The zero-order valence-corrected chi connectivity index (χ0v) is 11.0. The molecule has 1 saturated heterocycles. The zero-order valence-electron chi connectivity index (χ0n) is 11.0. The molecule has 0 atom stereocenters. The summed E-state index contributed by atoms with van der Waals surface area (Å²) in [5.41, 5.74) is -0.445. The average molecular weight is 295 g/mol. The van der Waals surface area contributed by atoms with E-state index < -0.39 is 11.7 Å². The minimum absolute atomic E-state index is 0.155. The number of rotatable bonds is 2. The standard InChI is InChI=1S/C15H12F3NO2/c16-15(17,18)11-4-1-3-10(9-11)12-5-6-13(21-12)14(20)19-7-2-8-19/h1,3-6,9H,2,7-8H2. The van der Waals surface area contributed by atoms with Gasteiger partial charge in [0.2, 0.25) is 0 Å². The van der Waals surface area contributed by atoms with E-state index in [1.807, 2.05) is 0 Å². The lowest BCUT2D eigenvalue weighted by Gasteiger charge is -2.29. The lowest BCUT2D eigenvalue weighted by atomic mass is 10.1. The Bertz CT molecular complexity index is 672. The summed E-state index contributed by atoms with van der Waals surface area (Å²) in [7, 11) is 0. The number of nitrogens with zero attached hydrogens (tertiary/aromatic N) is 1. The van der Waals surface area contributed by atoms with Crippen LogP contribution in [0.25, 0.3) is 11.3 Å². The Kier molecular flexibility index (Phi) is 3.23. The van der Waals surface area contributed by atoms with Crippen molar-refractivity contribution in [2.24, 2.45) is 0 Å². The summed E-state index contributed by atoms with van der Waals surface area (Å²) in [6, 6.07) is 7.86. The number of carbonyl (C=O) groups is 1. The van der Waals surface area contributed by atoms with Gasteiger partial charge in [0.05, 0.1) is 5.56 Å². The van der Waals surface area contributed by atoms with Crippen LogP contribution >= 0.6 is 0 Å². The number of amides is 1. The van der Waals surface area contributed by atoms with E-state index in [2.05, 4.69) is 0 Å². The highest BCUT2D eigenvalue weighted by molar-refractivity contribution is 5.92. The molecule has 0 N–H and O–H groups in total. The summed E-state index contributed by atoms with van der Waals surface area (Å²) in [5, 5.41) is 0. The minimum atomic E-state index is -4.40. The number of alkyl halides is 3. The van der Waals surface area contributed by atoms with Crippen LogP contribution in [0.15, 0.2) is 40.8 Å². The first-order valence-corrected chi connectivity index (χ1v) is 6.52. The molecule has 0 spiro atoms. The van der Waals surface area contributed by atoms with Gasteiger partial charge in [0.25, 0.3) is 5.91 Å². The monoisotopic (exact) mass is 295 g/mol. The molecule has 1 aliphatic rings.